The van der Waals surface area contributed by atoms with Crippen molar-refractivity contribution in [2.75, 3.05) is 26.2 Å². The minimum atomic E-state index is 0.0812. The second-order valence-electron chi connectivity index (χ2n) is 6.87. The highest BCUT2D eigenvalue weighted by Gasteiger charge is 2.30. The van der Waals surface area contributed by atoms with Crippen LogP contribution >= 0.6 is 11.3 Å². The third kappa shape index (κ3) is 4.48. The molecule has 0 unspecified atom stereocenters. The zero-order valence-corrected chi connectivity index (χ0v) is 16.8. The van der Waals surface area contributed by atoms with Gasteiger partial charge in [-0.2, -0.15) is 0 Å². The molecule has 1 aliphatic heterocycles. The fourth-order valence-corrected chi connectivity index (χ4v) is 4.45. The third-order valence-electron chi connectivity index (χ3n) is 5.15. The zero-order valence-electron chi connectivity index (χ0n) is 15.9. The molecule has 1 fully saturated rings. The average Bonchev–Trinajstić information content (AvgIpc) is 3.01. The zero-order chi connectivity index (χ0) is 18.5. The lowest BCUT2D eigenvalue weighted by atomic mass is 10.0. The number of rotatable bonds is 6. The van der Waals surface area contributed by atoms with E-state index in [0.717, 1.165) is 54.5 Å². The summed E-state index contributed by atoms with van der Waals surface area (Å²) in [5, 5.41) is 0.955. The van der Waals surface area contributed by atoms with Gasteiger partial charge in [-0.3, -0.25) is 9.78 Å². The number of nitrogens with zero attached hydrogens (tertiary/aromatic N) is 4. The smallest absolute Gasteiger partial charge is 0.273 e. The van der Waals surface area contributed by atoms with E-state index in [9.17, 15) is 4.79 Å². The van der Waals surface area contributed by atoms with Crippen molar-refractivity contribution < 1.29 is 4.79 Å². The molecule has 2 aromatic rings. The van der Waals surface area contributed by atoms with E-state index in [1.807, 2.05) is 38.2 Å². The van der Waals surface area contributed by atoms with Gasteiger partial charge in [0.1, 0.15) is 5.69 Å². The number of carbonyl (C=O) groups is 1. The average molecular weight is 373 g/mol. The minimum Gasteiger partial charge on any atom is -0.334 e. The van der Waals surface area contributed by atoms with Crippen LogP contribution in [0.3, 0.4) is 0 Å². The first-order chi connectivity index (χ1) is 12.6. The second kappa shape index (κ2) is 8.73. The van der Waals surface area contributed by atoms with Crippen molar-refractivity contribution >= 4 is 17.2 Å². The fraction of sp³-hybridized carbons (Fsp3) is 0.550. The molecule has 3 heterocycles. The molecule has 0 aromatic carbocycles. The lowest BCUT2D eigenvalue weighted by Gasteiger charge is -2.38. The maximum atomic E-state index is 13.3. The summed E-state index contributed by atoms with van der Waals surface area (Å²) in [4.78, 5) is 27.7. The van der Waals surface area contributed by atoms with Crippen molar-refractivity contribution in [3.8, 4) is 0 Å². The standard InChI is InChI=1S/C20H28N4OS/c1-4-23-12-9-18(10-13-23)24(14-8-17-7-5-6-11-21-17)20(25)19-15(2)26-16(3)22-19/h5-7,11,18H,4,8-10,12-14H2,1-3H3. The molecule has 5 nitrogen and oxygen atoms in total. The van der Waals surface area contributed by atoms with Crippen LogP contribution in [0.15, 0.2) is 24.4 Å². The molecule has 6 heteroatoms. The fourth-order valence-electron chi connectivity index (χ4n) is 3.64. The van der Waals surface area contributed by atoms with E-state index in [4.69, 9.17) is 0 Å². The van der Waals surface area contributed by atoms with E-state index in [2.05, 4.69) is 26.7 Å². The van der Waals surface area contributed by atoms with Crippen molar-refractivity contribution in [2.24, 2.45) is 0 Å². The largest absolute Gasteiger partial charge is 0.334 e. The van der Waals surface area contributed by atoms with Gasteiger partial charge >= 0.3 is 0 Å². The molecular weight excluding hydrogens is 344 g/mol. The molecule has 1 saturated heterocycles. The molecule has 1 amide bonds. The molecule has 0 N–H and O–H groups in total. The normalized spacial score (nSPS) is 16.0. The molecule has 0 spiro atoms. The van der Waals surface area contributed by atoms with E-state index >= 15 is 0 Å². The molecule has 0 bridgehead atoms. The number of thiazole rings is 1. The van der Waals surface area contributed by atoms with Gasteiger partial charge < -0.3 is 9.80 Å². The van der Waals surface area contributed by atoms with Gasteiger partial charge in [0.15, 0.2) is 0 Å². The number of piperidine rings is 1. The number of carbonyl (C=O) groups excluding carboxylic acids is 1. The van der Waals surface area contributed by atoms with Crippen LogP contribution in [0.1, 0.15) is 45.8 Å². The molecule has 0 aliphatic carbocycles. The first kappa shape index (κ1) is 19.0. The number of aryl methyl sites for hydroxylation is 2. The van der Waals surface area contributed by atoms with E-state index in [0.29, 0.717) is 12.2 Å². The SMILES string of the molecule is CCN1CCC(N(CCc2ccccn2)C(=O)c2nc(C)sc2C)CC1. The van der Waals surface area contributed by atoms with Crippen LogP contribution < -0.4 is 0 Å². The van der Waals surface area contributed by atoms with Crippen molar-refractivity contribution in [2.45, 2.75) is 46.1 Å². The van der Waals surface area contributed by atoms with Gasteiger partial charge in [-0.25, -0.2) is 4.98 Å². The molecular formula is C20H28N4OS. The van der Waals surface area contributed by atoms with Gasteiger partial charge in [-0.15, -0.1) is 11.3 Å². The summed E-state index contributed by atoms with van der Waals surface area (Å²) in [6.07, 6.45) is 4.66. The number of hydrogen-bond donors (Lipinski definition) is 0. The number of hydrogen-bond acceptors (Lipinski definition) is 5. The highest BCUT2D eigenvalue weighted by molar-refractivity contribution is 7.11. The van der Waals surface area contributed by atoms with Gasteiger partial charge in [0.05, 0.1) is 5.01 Å². The van der Waals surface area contributed by atoms with Gasteiger partial charge in [-0.1, -0.05) is 13.0 Å². The maximum absolute atomic E-state index is 13.3. The minimum absolute atomic E-state index is 0.0812. The number of aromatic nitrogens is 2. The van der Waals surface area contributed by atoms with Crippen molar-refractivity contribution in [3.63, 3.8) is 0 Å². The Morgan fingerprint density at radius 2 is 2.08 bits per heavy atom. The number of amides is 1. The van der Waals surface area contributed by atoms with Crippen molar-refractivity contribution in [1.29, 1.82) is 0 Å². The molecule has 26 heavy (non-hydrogen) atoms. The van der Waals surface area contributed by atoms with Crippen LogP contribution in [0.4, 0.5) is 0 Å². The van der Waals surface area contributed by atoms with Crippen LogP contribution in [0.25, 0.3) is 0 Å². The summed E-state index contributed by atoms with van der Waals surface area (Å²) in [6, 6.07) is 6.24. The first-order valence-corrected chi connectivity index (χ1v) is 10.3. The molecule has 140 valence electrons. The van der Waals surface area contributed by atoms with E-state index in [-0.39, 0.29) is 11.9 Å². The van der Waals surface area contributed by atoms with Crippen LogP contribution in [0.5, 0.6) is 0 Å². The molecule has 1 aliphatic rings. The van der Waals surface area contributed by atoms with Crippen molar-refractivity contribution in [1.82, 2.24) is 19.8 Å². The third-order valence-corrected chi connectivity index (χ3v) is 6.03. The summed E-state index contributed by atoms with van der Waals surface area (Å²) in [7, 11) is 0. The van der Waals surface area contributed by atoms with Crippen molar-refractivity contribution in [3.05, 3.63) is 45.7 Å². The lowest BCUT2D eigenvalue weighted by Crippen LogP contribution is -2.48. The van der Waals surface area contributed by atoms with Crippen LogP contribution in [-0.2, 0) is 6.42 Å². The Morgan fingerprint density at radius 3 is 2.65 bits per heavy atom. The Morgan fingerprint density at radius 1 is 1.31 bits per heavy atom. The van der Waals surface area contributed by atoms with Crippen LogP contribution in [0, 0.1) is 13.8 Å². The summed E-state index contributed by atoms with van der Waals surface area (Å²) in [5.74, 6) is 0.0812. The number of likely N-dealkylation sites (tertiary alicyclic amines) is 1. The molecule has 3 rings (SSSR count). The van der Waals surface area contributed by atoms with Crippen LogP contribution in [-0.4, -0.2) is 57.9 Å². The molecule has 2 aromatic heterocycles. The maximum Gasteiger partial charge on any atom is 0.273 e. The molecule has 0 radical (unpaired) electrons. The predicted octanol–water partition coefficient (Wildman–Crippen LogP) is 3.32. The Labute approximate surface area is 160 Å². The Hall–Kier alpha value is -1.79. The predicted molar refractivity (Wildman–Crippen MR) is 106 cm³/mol. The van der Waals surface area contributed by atoms with E-state index in [1.54, 1.807) is 11.3 Å². The van der Waals surface area contributed by atoms with Gasteiger partial charge in [-0.05, 0) is 45.4 Å². The Bertz CT molecular complexity index is 723. The first-order valence-electron chi connectivity index (χ1n) is 9.45. The summed E-state index contributed by atoms with van der Waals surface area (Å²) in [5.41, 5.74) is 1.66. The Kier molecular flexibility index (Phi) is 6.38. The monoisotopic (exact) mass is 372 g/mol. The van der Waals surface area contributed by atoms with Gasteiger partial charge in [0, 0.05) is 48.9 Å². The Balaban J connectivity index is 1.76. The lowest BCUT2D eigenvalue weighted by molar-refractivity contribution is 0.0573. The van der Waals surface area contributed by atoms with Gasteiger partial charge in [0.25, 0.3) is 5.91 Å². The summed E-state index contributed by atoms with van der Waals surface area (Å²) in [6.45, 7) is 10.1. The summed E-state index contributed by atoms with van der Waals surface area (Å²) >= 11 is 1.60. The quantitative estimate of drug-likeness (QED) is 0.780. The molecule has 0 saturated carbocycles. The van der Waals surface area contributed by atoms with E-state index in [1.165, 1.54) is 0 Å². The second-order valence-corrected chi connectivity index (χ2v) is 8.28. The molecule has 0 atom stereocenters. The highest BCUT2D eigenvalue weighted by atomic mass is 32.1. The van der Waals surface area contributed by atoms with Gasteiger partial charge in [0.2, 0.25) is 0 Å². The topological polar surface area (TPSA) is 49.3 Å². The highest BCUT2D eigenvalue weighted by Crippen LogP contribution is 2.23. The van der Waals surface area contributed by atoms with E-state index < -0.39 is 0 Å². The van der Waals surface area contributed by atoms with Crippen LogP contribution in [0.2, 0.25) is 0 Å². The number of pyridine rings is 1. The summed E-state index contributed by atoms with van der Waals surface area (Å²) < 4.78 is 0.